The molecule has 0 aliphatic heterocycles. The van der Waals surface area contributed by atoms with Crippen LogP contribution >= 0.6 is 0 Å². The molecule has 0 aliphatic carbocycles. The second-order valence-electron chi connectivity index (χ2n) is 3.90. The van der Waals surface area contributed by atoms with Crippen molar-refractivity contribution in [2.24, 2.45) is 0 Å². The maximum Gasteiger partial charge on any atom is 0.204 e. The fraction of sp³-hybridized carbons (Fsp3) is 0. The van der Waals surface area contributed by atoms with Gasteiger partial charge in [0.25, 0.3) is 0 Å². The van der Waals surface area contributed by atoms with Crippen LogP contribution in [0, 0.1) is 34.9 Å². The van der Waals surface area contributed by atoms with Gasteiger partial charge in [0, 0.05) is 5.56 Å². The highest BCUT2D eigenvalue weighted by Crippen LogP contribution is 2.42. The molecule has 2 aromatic carbocycles. The predicted molar refractivity (Wildman–Crippen MR) is 56.6 cm³/mol. The molecule has 0 aromatic heterocycles. The van der Waals surface area contributed by atoms with E-state index in [2.05, 4.69) is 0 Å². The number of aromatic hydroxyl groups is 3. The van der Waals surface area contributed by atoms with Crippen LogP contribution in [0.1, 0.15) is 0 Å². The van der Waals surface area contributed by atoms with E-state index in [1.54, 1.807) is 0 Å². The number of benzene rings is 2. The van der Waals surface area contributed by atoms with Crippen molar-refractivity contribution in [2.75, 3.05) is 0 Å². The number of phenols is 3. The molecular weight excluding hydrogens is 306 g/mol. The van der Waals surface area contributed by atoms with Gasteiger partial charge in [0.15, 0.2) is 28.9 Å². The lowest BCUT2D eigenvalue weighted by Crippen LogP contribution is -2.01. The van der Waals surface area contributed by atoms with Crippen molar-refractivity contribution in [3.8, 4) is 28.4 Å². The Hall–Kier alpha value is -2.58. The third-order valence-electron chi connectivity index (χ3n) is 2.67. The Bertz CT molecular complexity index is 731. The molecule has 112 valence electrons. The van der Waals surface area contributed by atoms with Crippen LogP contribution in [-0.2, 0) is 0 Å². The normalized spacial score (nSPS) is 11.0. The zero-order valence-electron chi connectivity index (χ0n) is 9.69. The molecule has 0 spiro atoms. The number of phenolic OH excluding ortho intramolecular Hbond substituents is 3. The van der Waals surface area contributed by atoms with Gasteiger partial charge in [0.2, 0.25) is 23.3 Å². The summed E-state index contributed by atoms with van der Waals surface area (Å²) in [5, 5.41) is 27.1. The van der Waals surface area contributed by atoms with Crippen molar-refractivity contribution in [1.82, 2.24) is 0 Å². The SMILES string of the molecule is Oc1cc(-c2c(F)c(F)c(O)c(F)c2F)c(O)c(F)c1F. The van der Waals surface area contributed by atoms with Crippen LogP contribution in [0.3, 0.4) is 0 Å². The van der Waals surface area contributed by atoms with Crippen molar-refractivity contribution in [2.45, 2.75) is 0 Å². The van der Waals surface area contributed by atoms with Crippen LogP contribution in [0.25, 0.3) is 11.1 Å². The molecule has 0 amide bonds. The molecule has 0 fully saturated rings. The second-order valence-corrected chi connectivity index (χ2v) is 3.90. The lowest BCUT2D eigenvalue weighted by atomic mass is 10.0. The number of hydrogen-bond donors (Lipinski definition) is 3. The Balaban J connectivity index is 2.93. The molecule has 2 rings (SSSR count). The standard InChI is InChI=1S/C12H4F6O3/c13-5-3(19)1-2(11(20)8(5)16)4-6(14)9(17)12(21)10(18)7(4)15/h1,19-21H. The third kappa shape index (κ3) is 2.01. The summed E-state index contributed by atoms with van der Waals surface area (Å²) >= 11 is 0. The van der Waals surface area contributed by atoms with Crippen LogP contribution in [0.2, 0.25) is 0 Å². The summed E-state index contributed by atoms with van der Waals surface area (Å²) in [6, 6.07) is 0.172. The first-order valence-electron chi connectivity index (χ1n) is 5.13. The first-order chi connectivity index (χ1) is 9.68. The molecule has 0 heterocycles. The van der Waals surface area contributed by atoms with Gasteiger partial charge in [-0.2, -0.15) is 17.6 Å². The summed E-state index contributed by atoms with van der Waals surface area (Å²) in [5.74, 6) is -17.8. The molecule has 0 unspecified atom stereocenters. The summed E-state index contributed by atoms with van der Waals surface area (Å²) in [5.41, 5.74) is -2.85. The van der Waals surface area contributed by atoms with E-state index in [0.717, 1.165) is 0 Å². The maximum atomic E-state index is 13.6. The Kier molecular flexibility index (Phi) is 3.36. The Morgan fingerprint density at radius 3 is 1.48 bits per heavy atom. The summed E-state index contributed by atoms with van der Waals surface area (Å²) < 4.78 is 79.7. The lowest BCUT2D eigenvalue weighted by Gasteiger charge is -2.12. The first-order valence-corrected chi connectivity index (χ1v) is 5.13. The smallest absolute Gasteiger partial charge is 0.204 e. The van der Waals surface area contributed by atoms with Crippen molar-refractivity contribution in [3.05, 3.63) is 41.0 Å². The average Bonchev–Trinajstić information content (AvgIpc) is 2.46. The molecule has 2 aromatic rings. The van der Waals surface area contributed by atoms with E-state index in [1.165, 1.54) is 0 Å². The van der Waals surface area contributed by atoms with E-state index in [4.69, 9.17) is 10.2 Å². The summed E-state index contributed by atoms with van der Waals surface area (Å²) in [7, 11) is 0. The second kappa shape index (κ2) is 4.76. The minimum absolute atomic E-state index is 0.172. The fourth-order valence-electron chi connectivity index (χ4n) is 1.65. The van der Waals surface area contributed by atoms with Crippen molar-refractivity contribution in [1.29, 1.82) is 0 Å². The van der Waals surface area contributed by atoms with Crippen LogP contribution in [0.15, 0.2) is 6.07 Å². The van der Waals surface area contributed by atoms with Crippen molar-refractivity contribution < 1.29 is 41.7 Å². The van der Waals surface area contributed by atoms with Gasteiger partial charge in [-0.05, 0) is 6.07 Å². The van der Waals surface area contributed by atoms with E-state index in [1.807, 2.05) is 0 Å². The Labute approximate surface area is 112 Å². The van der Waals surface area contributed by atoms with Crippen molar-refractivity contribution in [3.63, 3.8) is 0 Å². The van der Waals surface area contributed by atoms with E-state index < -0.39 is 63.3 Å². The van der Waals surface area contributed by atoms with Gasteiger partial charge in [-0.15, -0.1) is 0 Å². The minimum Gasteiger partial charge on any atom is -0.505 e. The lowest BCUT2D eigenvalue weighted by molar-refractivity contribution is 0.356. The summed E-state index contributed by atoms with van der Waals surface area (Å²) in [6.07, 6.45) is 0. The number of hydrogen-bond acceptors (Lipinski definition) is 3. The zero-order valence-corrected chi connectivity index (χ0v) is 9.69. The van der Waals surface area contributed by atoms with Gasteiger partial charge in [0.1, 0.15) is 0 Å². The molecule has 0 atom stereocenters. The third-order valence-corrected chi connectivity index (χ3v) is 2.67. The van der Waals surface area contributed by atoms with E-state index in [9.17, 15) is 31.4 Å². The maximum absolute atomic E-state index is 13.6. The van der Waals surface area contributed by atoms with E-state index in [-0.39, 0.29) is 6.07 Å². The molecule has 3 nitrogen and oxygen atoms in total. The van der Waals surface area contributed by atoms with Gasteiger partial charge in [-0.3, -0.25) is 0 Å². The molecule has 0 aliphatic rings. The quantitative estimate of drug-likeness (QED) is 0.430. The highest BCUT2D eigenvalue weighted by atomic mass is 19.2. The van der Waals surface area contributed by atoms with Gasteiger partial charge in [0.05, 0.1) is 5.56 Å². The zero-order chi connectivity index (χ0) is 16.1. The predicted octanol–water partition coefficient (Wildman–Crippen LogP) is 3.30. The number of rotatable bonds is 1. The van der Waals surface area contributed by atoms with E-state index >= 15 is 0 Å². The van der Waals surface area contributed by atoms with Crippen LogP contribution < -0.4 is 0 Å². The number of halogens is 6. The fourth-order valence-corrected chi connectivity index (χ4v) is 1.65. The topological polar surface area (TPSA) is 60.7 Å². The molecule has 3 N–H and O–H groups in total. The molecule has 0 bridgehead atoms. The van der Waals surface area contributed by atoms with E-state index in [0.29, 0.717) is 0 Å². The monoisotopic (exact) mass is 310 g/mol. The minimum atomic E-state index is -2.20. The van der Waals surface area contributed by atoms with Crippen LogP contribution in [0.4, 0.5) is 26.3 Å². The highest BCUT2D eigenvalue weighted by molar-refractivity contribution is 5.74. The average molecular weight is 310 g/mol. The first kappa shape index (κ1) is 14.8. The molecule has 0 saturated heterocycles. The van der Waals surface area contributed by atoms with Gasteiger partial charge < -0.3 is 15.3 Å². The van der Waals surface area contributed by atoms with Gasteiger partial charge in [-0.1, -0.05) is 0 Å². The molecular formula is C12H4F6O3. The van der Waals surface area contributed by atoms with Crippen molar-refractivity contribution >= 4 is 0 Å². The Morgan fingerprint density at radius 1 is 0.571 bits per heavy atom. The molecule has 21 heavy (non-hydrogen) atoms. The molecule has 9 heteroatoms. The van der Waals surface area contributed by atoms with Gasteiger partial charge in [-0.25, -0.2) is 8.78 Å². The summed E-state index contributed by atoms with van der Waals surface area (Å²) in [4.78, 5) is 0. The van der Waals surface area contributed by atoms with Crippen LogP contribution in [0.5, 0.6) is 17.2 Å². The largest absolute Gasteiger partial charge is 0.505 e. The van der Waals surface area contributed by atoms with Gasteiger partial charge >= 0.3 is 0 Å². The molecule has 0 saturated carbocycles. The summed E-state index contributed by atoms with van der Waals surface area (Å²) in [6.45, 7) is 0. The molecule has 0 radical (unpaired) electrons. The highest BCUT2D eigenvalue weighted by Gasteiger charge is 2.30. The Morgan fingerprint density at radius 2 is 1.00 bits per heavy atom. The van der Waals surface area contributed by atoms with Crippen LogP contribution in [-0.4, -0.2) is 15.3 Å².